The van der Waals surface area contributed by atoms with Gasteiger partial charge in [0.2, 0.25) is 0 Å². The summed E-state index contributed by atoms with van der Waals surface area (Å²) in [5, 5.41) is 2.86. The van der Waals surface area contributed by atoms with Crippen LogP contribution >= 0.6 is 11.6 Å². The lowest BCUT2D eigenvalue weighted by Gasteiger charge is -2.12. The number of carbonyl (C=O) groups excluding carboxylic acids is 1. The van der Waals surface area contributed by atoms with Gasteiger partial charge in [0, 0.05) is 11.3 Å². The molecule has 2 N–H and O–H groups in total. The Morgan fingerprint density at radius 3 is 2.35 bits per heavy atom. The third-order valence-electron chi connectivity index (χ3n) is 4.29. The first-order valence-corrected chi connectivity index (χ1v) is 11.2. The van der Waals surface area contributed by atoms with E-state index in [1.807, 2.05) is 6.92 Å². The van der Waals surface area contributed by atoms with Crippen molar-refractivity contribution in [2.24, 2.45) is 0 Å². The first-order valence-electron chi connectivity index (χ1n) is 9.32. The number of aryl methyl sites for hydroxylation is 1. The van der Waals surface area contributed by atoms with E-state index in [0.717, 1.165) is 5.56 Å². The Morgan fingerprint density at radius 2 is 1.74 bits per heavy atom. The molecule has 0 saturated heterocycles. The van der Waals surface area contributed by atoms with Crippen LogP contribution in [0.2, 0.25) is 5.02 Å². The molecule has 0 aliphatic rings. The maximum atomic E-state index is 12.6. The lowest BCUT2D eigenvalue weighted by atomic mass is 10.2. The highest BCUT2D eigenvalue weighted by molar-refractivity contribution is 7.92. The molecule has 8 heteroatoms. The van der Waals surface area contributed by atoms with Crippen molar-refractivity contribution in [1.29, 1.82) is 0 Å². The monoisotopic (exact) mass is 456 g/mol. The zero-order valence-electron chi connectivity index (χ0n) is 16.8. The number of benzene rings is 3. The van der Waals surface area contributed by atoms with Crippen molar-refractivity contribution >= 4 is 38.9 Å². The van der Waals surface area contributed by atoms with Crippen LogP contribution in [0.3, 0.4) is 0 Å². The van der Waals surface area contributed by atoms with Crippen LogP contribution in [0.5, 0.6) is 5.75 Å². The van der Waals surface area contributed by atoms with E-state index in [1.165, 1.54) is 30.3 Å². The maximum absolute atomic E-state index is 12.6. The zero-order valence-corrected chi connectivity index (χ0v) is 18.3. The topological polar surface area (TPSA) is 84.5 Å². The van der Waals surface area contributed by atoms with E-state index in [2.05, 4.69) is 16.6 Å². The molecule has 0 atom stereocenters. The van der Waals surface area contributed by atoms with E-state index in [1.54, 1.807) is 42.5 Å². The fourth-order valence-corrected chi connectivity index (χ4v) is 4.02. The molecule has 160 valence electrons. The lowest BCUT2D eigenvalue weighted by Crippen LogP contribution is -2.15. The molecule has 0 saturated carbocycles. The summed E-state index contributed by atoms with van der Waals surface area (Å²) in [6.45, 7) is 5.85. The van der Waals surface area contributed by atoms with Gasteiger partial charge in [0.1, 0.15) is 12.4 Å². The van der Waals surface area contributed by atoms with Crippen molar-refractivity contribution in [2.75, 3.05) is 16.6 Å². The van der Waals surface area contributed by atoms with E-state index in [9.17, 15) is 13.2 Å². The summed E-state index contributed by atoms with van der Waals surface area (Å²) < 4.78 is 33.0. The van der Waals surface area contributed by atoms with Crippen LogP contribution in [-0.2, 0) is 10.0 Å². The van der Waals surface area contributed by atoms with Gasteiger partial charge in [-0.05, 0) is 61.5 Å². The Hall–Kier alpha value is -3.29. The number of hydrogen-bond acceptors (Lipinski definition) is 4. The number of carbonyl (C=O) groups is 1. The van der Waals surface area contributed by atoms with E-state index in [-0.39, 0.29) is 27.1 Å². The van der Waals surface area contributed by atoms with Gasteiger partial charge in [-0.2, -0.15) is 0 Å². The Balaban J connectivity index is 1.70. The minimum Gasteiger partial charge on any atom is -0.490 e. The van der Waals surface area contributed by atoms with Crippen molar-refractivity contribution in [3.8, 4) is 5.75 Å². The fraction of sp³-hybridized carbons (Fsp3) is 0.0870. The first kappa shape index (κ1) is 22.4. The Labute approximate surface area is 186 Å². The van der Waals surface area contributed by atoms with Gasteiger partial charge < -0.3 is 10.1 Å². The molecular weight excluding hydrogens is 436 g/mol. The molecule has 6 nitrogen and oxygen atoms in total. The second-order valence-corrected chi connectivity index (χ2v) is 8.78. The van der Waals surface area contributed by atoms with Crippen LogP contribution in [0.4, 0.5) is 11.4 Å². The SMILES string of the molecule is C=CCOc1ccc(NC(=O)c2ccc(NS(=O)(=O)c3ccc(C)cc3)c(Cl)c2)cc1. The van der Waals surface area contributed by atoms with Crippen molar-refractivity contribution < 1.29 is 17.9 Å². The minimum absolute atomic E-state index is 0.108. The molecule has 3 rings (SSSR count). The third-order valence-corrected chi connectivity index (χ3v) is 5.98. The smallest absolute Gasteiger partial charge is 0.261 e. The average molecular weight is 457 g/mol. The molecule has 3 aromatic rings. The van der Waals surface area contributed by atoms with Crippen LogP contribution in [0.25, 0.3) is 0 Å². The molecule has 0 fully saturated rings. The number of nitrogens with one attached hydrogen (secondary N) is 2. The van der Waals surface area contributed by atoms with Crippen LogP contribution < -0.4 is 14.8 Å². The number of ether oxygens (including phenoxy) is 1. The molecule has 3 aromatic carbocycles. The summed E-state index contributed by atoms with van der Waals surface area (Å²) in [6.07, 6.45) is 1.64. The Kier molecular flexibility index (Phi) is 6.99. The zero-order chi connectivity index (χ0) is 22.4. The molecule has 0 aliphatic carbocycles. The summed E-state index contributed by atoms with van der Waals surface area (Å²) in [4.78, 5) is 12.6. The predicted molar refractivity (Wildman–Crippen MR) is 124 cm³/mol. The summed E-state index contributed by atoms with van der Waals surface area (Å²) in [5.74, 6) is 0.278. The lowest BCUT2D eigenvalue weighted by molar-refractivity contribution is 0.102. The number of sulfonamides is 1. The van der Waals surface area contributed by atoms with Crippen LogP contribution in [0.1, 0.15) is 15.9 Å². The quantitative estimate of drug-likeness (QED) is 0.452. The Morgan fingerprint density at radius 1 is 1.06 bits per heavy atom. The molecule has 0 unspecified atom stereocenters. The molecule has 1 amide bonds. The van der Waals surface area contributed by atoms with Crippen molar-refractivity contribution in [2.45, 2.75) is 11.8 Å². The highest BCUT2D eigenvalue weighted by Crippen LogP contribution is 2.26. The van der Waals surface area contributed by atoms with Crippen molar-refractivity contribution in [3.63, 3.8) is 0 Å². The standard InChI is InChI=1S/C23H21ClN2O4S/c1-3-14-30-19-9-7-18(8-10-19)25-23(27)17-6-13-22(21(24)15-17)26-31(28,29)20-11-4-16(2)5-12-20/h3-13,15,26H,1,14H2,2H3,(H,25,27). The van der Waals surface area contributed by atoms with Gasteiger partial charge in [-0.15, -0.1) is 0 Å². The van der Waals surface area contributed by atoms with E-state index in [0.29, 0.717) is 18.0 Å². The molecule has 31 heavy (non-hydrogen) atoms. The van der Waals surface area contributed by atoms with Gasteiger partial charge >= 0.3 is 0 Å². The van der Waals surface area contributed by atoms with E-state index < -0.39 is 10.0 Å². The van der Waals surface area contributed by atoms with Crippen molar-refractivity contribution in [3.05, 3.63) is 95.5 Å². The maximum Gasteiger partial charge on any atom is 0.261 e. The molecule has 0 aromatic heterocycles. The normalized spacial score (nSPS) is 10.9. The van der Waals surface area contributed by atoms with E-state index in [4.69, 9.17) is 16.3 Å². The second-order valence-electron chi connectivity index (χ2n) is 6.69. The largest absolute Gasteiger partial charge is 0.490 e. The van der Waals surface area contributed by atoms with Gasteiger partial charge in [0.25, 0.3) is 15.9 Å². The minimum atomic E-state index is -3.80. The van der Waals surface area contributed by atoms with Gasteiger partial charge in [0.05, 0.1) is 15.6 Å². The highest BCUT2D eigenvalue weighted by Gasteiger charge is 2.17. The Bertz CT molecular complexity index is 1190. The summed E-state index contributed by atoms with van der Waals surface area (Å²) in [5.41, 5.74) is 2.00. The van der Waals surface area contributed by atoms with Crippen molar-refractivity contribution in [1.82, 2.24) is 0 Å². The average Bonchev–Trinajstić information content (AvgIpc) is 2.75. The second kappa shape index (κ2) is 9.68. The number of amides is 1. The number of anilines is 2. The molecule has 0 spiro atoms. The number of halogens is 1. The molecule has 0 bridgehead atoms. The van der Waals surface area contributed by atoms with Crippen LogP contribution in [0, 0.1) is 6.92 Å². The fourth-order valence-electron chi connectivity index (χ4n) is 2.65. The highest BCUT2D eigenvalue weighted by atomic mass is 35.5. The third kappa shape index (κ3) is 5.87. The number of hydrogen-bond donors (Lipinski definition) is 2. The summed E-state index contributed by atoms with van der Waals surface area (Å²) in [7, 11) is -3.80. The van der Waals surface area contributed by atoms with Gasteiger partial charge in [0.15, 0.2) is 0 Å². The molecule has 0 heterocycles. The van der Waals surface area contributed by atoms with Gasteiger partial charge in [-0.25, -0.2) is 8.42 Å². The van der Waals surface area contributed by atoms with Crippen LogP contribution in [0.15, 0.2) is 84.3 Å². The summed E-state index contributed by atoms with van der Waals surface area (Å²) >= 11 is 6.23. The number of rotatable bonds is 8. The van der Waals surface area contributed by atoms with Gasteiger partial charge in [-0.3, -0.25) is 9.52 Å². The van der Waals surface area contributed by atoms with E-state index >= 15 is 0 Å². The molecular formula is C23H21ClN2O4S. The first-order chi connectivity index (χ1) is 14.8. The predicted octanol–water partition coefficient (Wildman–Crippen LogP) is 5.27. The van der Waals surface area contributed by atoms with Crippen LogP contribution in [-0.4, -0.2) is 20.9 Å². The molecule has 0 radical (unpaired) electrons. The molecule has 0 aliphatic heterocycles. The van der Waals surface area contributed by atoms with Gasteiger partial charge in [-0.1, -0.05) is 42.0 Å². The summed E-state index contributed by atoms with van der Waals surface area (Å²) in [6, 6.07) is 17.7.